The lowest BCUT2D eigenvalue weighted by Gasteiger charge is -2.26. The Balaban J connectivity index is 2.10. The number of hydrogen-bond acceptors (Lipinski definition) is 8. The second-order valence-corrected chi connectivity index (χ2v) is 10.3. The van der Waals surface area contributed by atoms with Crippen molar-refractivity contribution >= 4 is 50.5 Å². The molecule has 0 bridgehead atoms. The average Bonchev–Trinajstić information content (AvgIpc) is 2.91. The minimum atomic E-state index is -4.36. The molecule has 0 saturated carbocycles. The van der Waals surface area contributed by atoms with Gasteiger partial charge in [0.05, 0.1) is 56.8 Å². The molecule has 10 nitrogen and oxygen atoms in total. The summed E-state index contributed by atoms with van der Waals surface area (Å²) in [6.07, 6.45) is 0. The van der Waals surface area contributed by atoms with Crippen molar-refractivity contribution in [2.45, 2.75) is 4.90 Å². The van der Waals surface area contributed by atoms with Crippen LogP contribution in [0, 0.1) is 0 Å². The van der Waals surface area contributed by atoms with Gasteiger partial charge in [0.1, 0.15) is 23.8 Å². The normalized spacial score (nSPS) is 10.9. The summed E-state index contributed by atoms with van der Waals surface area (Å²) in [4.78, 5) is 13.1. The first-order valence-corrected chi connectivity index (χ1v) is 13.1. The Bertz CT molecular complexity index is 1430. The summed E-state index contributed by atoms with van der Waals surface area (Å²) in [6, 6.07) is 11.4. The van der Waals surface area contributed by atoms with Crippen LogP contribution in [0.15, 0.2) is 53.4 Å². The number of sulfonamides is 1. The fourth-order valence-corrected chi connectivity index (χ4v) is 5.38. The third kappa shape index (κ3) is 6.12. The number of anilines is 2. The van der Waals surface area contributed by atoms with Gasteiger partial charge in [-0.15, -0.1) is 0 Å². The molecule has 13 heteroatoms. The van der Waals surface area contributed by atoms with Gasteiger partial charge in [-0.1, -0.05) is 23.2 Å². The molecular weight excluding hydrogens is 559 g/mol. The molecule has 204 valence electrons. The maximum atomic E-state index is 13.9. The van der Waals surface area contributed by atoms with Gasteiger partial charge in [0.15, 0.2) is 11.5 Å². The highest BCUT2D eigenvalue weighted by atomic mass is 35.5. The predicted molar refractivity (Wildman–Crippen MR) is 145 cm³/mol. The van der Waals surface area contributed by atoms with Crippen LogP contribution in [0.25, 0.3) is 0 Å². The molecule has 1 N–H and O–H groups in total. The van der Waals surface area contributed by atoms with E-state index in [0.29, 0.717) is 5.75 Å². The highest BCUT2D eigenvalue weighted by Crippen LogP contribution is 2.38. The van der Waals surface area contributed by atoms with E-state index in [-0.39, 0.29) is 49.3 Å². The monoisotopic (exact) mass is 584 g/mol. The van der Waals surface area contributed by atoms with Crippen LogP contribution >= 0.6 is 23.2 Å². The number of benzene rings is 3. The standard InChI is InChI=1S/C25H26Cl2N2O8S/c1-33-20-8-6-15(26)10-19(20)29(38(31,32)16-7-9-21(34-2)24(11-16)37-5)14-25(30)28-18-13-22(35-3)17(27)12-23(18)36-4/h6-13H,14H2,1-5H3,(H,28,30). The first-order chi connectivity index (χ1) is 18.1. The Labute approximate surface area is 231 Å². The summed E-state index contributed by atoms with van der Waals surface area (Å²) in [5, 5.41) is 3.15. The van der Waals surface area contributed by atoms with Gasteiger partial charge in [-0.2, -0.15) is 0 Å². The highest BCUT2D eigenvalue weighted by molar-refractivity contribution is 7.92. The van der Waals surface area contributed by atoms with Crippen molar-refractivity contribution in [3.05, 3.63) is 58.6 Å². The SMILES string of the molecule is COc1cc(NC(=O)CN(c2cc(Cl)ccc2OC)S(=O)(=O)c2ccc(OC)c(OC)c2)c(OC)cc1Cl. The van der Waals surface area contributed by atoms with Crippen molar-refractivity contribution in [3.8, 4) is 28.7 Å². The zero-order chi connectivity index (χ0) is 28.0. The Morgan fingerprint density at radius 1 is 0.763 bits per heavy atom. The van der Waals surface area contributed by atoms with Crippen LogP contribution in [0.3, 0.4) is 0 Å². The zero-order valence-electron chi connectivity index (χ0n) is 21.2. The summed E-state index contributed by atoms with van der Waals surface area (Å²) >= 11 is 12.4. The van der Waals surface area contributed by atoms with Crippen LogP contribution in [0.5, 0.6) is 28.7 Å². The molecular formula is C25H26Cl2N2O8S. The second-order valence-electron chi connectivity index (χ2n) is 7.58. The molecule has 0 atom stereocenters. The van der Waals surface area contributed by atoms with Gasteiger partial charge in [-0.05, 0) is 30.3 Å². The van der Waals surface area contributed by atoms with Crippen LogP contribution < -0.4 is 33.3 Å². The molecule has 0 heterocycles. The lowest BCUT2D eigenvalue weighted by molar-refractivity contribution is -0.114. The minimum Gasteiger partial charge on any atom is -0.495 e. The fourth-order valence-electron chi connectivity index (χ4n) is 3.54. The Kier molecular flexibility index (Phi) is 9.42. The molecule has 3 aromatic carbocycles. The van der Waals surface area contributed by atoms with E-state index < -0.39 is 22.5 Å². The molecule has 0 saturated heterocycles. The molecule has 0 fully saturated rings. The van der Waals surface area contributed by atoms with E-state index >= 15 is 0 Å². The molecule has 0 aromatic heterocycles. The Hall–Kier alpha value is -3.54. The minimum absolute atomic E-state index is 0.0468. The second kappa shape index (κ2) is 12.3. The lowest BCUT2D eigenvalue weighted by atomic mass is 10.2. The summed E-state index contributed by atoms with van der Waals surface area (Å²) in [6.45, 7) is -0.651. The fraction of sp³-hybridized carbons (Fsp3) is 0.240. The smallest absolute Gasteiger partial charge is 0.265 e. The number of nitrogens with zero attached hydrogens (tertiary/aromatic N) is 1. The summed E-state index contributed by atoms with van der Waals surface area (Å²) in [5.74, 6) is 0.539. The zero-order valence-corrected chi connectivity index (χ0v) is 23.5. The quantitative estimate of drug-likeness (QED) is 0.339. The summed E-state index contributed by atoms with van der Waals surface area (Å²) in [7, 11) is 2.64. The molecule has 0 spiro atoms. The number of methoxy groups -OCH3 is 5. The third-order valence-corrected chi connectivity index (χ3v) is 7.67. The molecule has 1 amide bonds. The topological polar surface area (TPSA) is 113 Å². The molecule has 0 aliphatic carbocycles. The van der Waals surface area contributed by atoms with E-state index in [2.05, 4.69) is 5.32 Å². The van der Waals surface area contributed by atoms with Gasteiger partial charge in [0.25, 0.3) is 10.0 Å². The van der Waals surface area contributed by atoms with Crippen LogP contribution in [-0.4, -0.2) is 56.4 Å². The van der Waals surface area contributed by atoms with Crippen molar-refractivity contribution in [3.63, 3.8) is 0 Å². The number of ether oxygens (including phenoxy) is 5. The van der Waals surface area contributed by atoms with E-state index in [9.17, 15) is 13.2 Å². The Morgan fingerprint density at radius 2 is 1.37 bits per heavy atom. The molecule has 3 aromatic rings. The number of carbonyl (C=O) groups excluding carboxylic acids is 1. The average molecular weight is 585 g/mol. The van der Waals surface area contributed by atoms with Crippen LogP contribution in [0.1, 0.15) is 0 Å². The van der Waals surface area contributed by atoms with Crippen LogP contribution in [0.2, 0.25) is 10.0 Å². The van der Waals surface area contributed by atoms with Gasteiger partial charge >= 0.3 is 0 Å². The maximum absolute atomic E-state index is 13.9. The van der Waals surface area contributed by atoms with E-state index in [1.54, 1.807) is 0 Å². The number of carbonyl (C=O) groups is 1. The van der Waals surface area contributed by atoms with Gasteiger partial charge in [0.2, 0.25) is 5.91 Å². The number of halogens is 2. The van der Waals surface area contributed by atoms with E-state index in [4.69, 9.17) is 46.9 Å². The Morgan fingerprint density at radius 3 is 1.97 bits per heavy atom. The number of amides is 1. The molecule has 0 aliphatic heterocycles. The molecule has 0 radical (unpaired) electrons. The summed E-state index contributed by atoms with van der Waals surface area (Å²) in [5.41, 5.74) is 0.269. The number of hydrogen-bond donors (Lipinski definition) is 1. The van der Waals surface area contributed by atoms with Crippen molar-refractivity contribution in [1.82, 2.24) is 0 Å². The van der Waals surface area contributed by atoms with Crippen LogP contribution in [-0.2, 0) is 14.8 Å². The van der Waals surface area contributed by atoms with Crippen molar-refractivity contribution in [1.29, 1.82) is 0 Å². The molecule has 38 heavy (non-hydrogen) atoms. The van der Waals surface area contributed by atoms with Crippen LogP contribution in [0.4, 0.5) is 11.4 Å². The van der Waals surface area contributed by atoms with Gasteiger partial charge in [0, 0.05) is 23.2 Å². The van der Waals surface area contributed by atoms with E-state index in [1.807, 2.05) is 0 Å². The van der Waals surface area contributed by atoms with Crippen molar-refractivity contribution < 1.29 is 36.9 Å². The number of nitrogens with one attached hydrogen (secondary N) is 1. The van der Waals surface area contributed by atoms with Crippen molar-refractivity contribution in [2.24, 2.45) is 0 Å². The molecule has 0 aliphatic rings. The predicted octanol–water partition coefficient (Wildman–Crippen LogP) is 4.87. The van der Waals surface area contributed by atoms with Gasteiger partial charge in [-0.3, -0.25) is 9.10 Å². The summed E-state index contributed by atoms with van der Waals surface area (Å²) < 4.78 is 55.1. The third-order valence-electron chi connectivity index (χ3n) is 5.39. The largest absolute Gasteiger partial charge is 0.495 e. The van der Waals surface area contributed by atoms with Gasteiger partial charge < -0.3 is 29.0 Å². The maximum Gasteiger partial charge on any atom is 0.265 e. The molecule has 3 rings (SSSR count). The molecule has 0 unspecified atom stereocenters. The van der Waals surface area contributed by atoms with E-state index in [1.165, 1.54) is 84.1 Å². The first kappa shape index (κ1) is 29.0. The lowest BCUT2D eigenvalue weighted by Crippen LogP contribution is -2.38. The van der Waals surface area contributed by atoms with Gasteiger partial charge in [-0.25, -0.2) is 8.42 Å². The number of rotatable bonds is 11. The van der Waals surface area contributed by atoms with E-state index in [0.717, 1.165) is 4.31 Å². The first-order valence-electron chi connectivity index (χ1n) is 10.9. The van der Waals surface area contributed by atoms with Crippen molar-refractivity contribution in [2.75, 3.05) is 51.7 Å². The highest BCUT2D eigenvalue weighted by Gasteiger charge is 2.31.